The number of nitrogens with zero attached hydrogens (tertiary/aromatic N) is 3. The van der Waals surface area contributed by atoms with Gasteiger partial charge in [-0.3, -0.25) is 9.59 Å². The molecule has 140 valence electrons. The molecule has 1 heterocycles. The highest BCUT2D eigenvalue weighted by Crippen LogP contribution is 2.18. The zero-order chi connectivity index (χ0) is 19.9. The second kappa shape index (κ2) is 8.98. The molecular weight excluding hydrogens is 376 g/mol. The summed E-state index contributed by atoms with van der Waals surface area (Å²) in [5.74, 6) is -0.218. The molecular formula is C21H17ClN4O2. The summed E-state index contributed by atoms with van der Waals surface area (Å²) >= 11 is 5.90. The Labute approximate surface area is 167 Å². The Bertz CT molecular complexity index is 1080. The Kier molecular flexibility index (Phi) is 6.20. The van der Waals surface area contributed by atoms with Crippen LogP contribution >= 0.6 is 11.6 Å². The number of rotatable bonds is 6. The second-order valence-electron chi connectivity index (χ2n) is 6.10. The van der Waals surface area contributed by atoms with Crippen LogP contribution in [0.5, 0.6) is 0 Å². The number of benzene rings is 2. The minimum absolute atomic E-state index is 0.207. The minimum atomic E-state index is -0.229. The van der Waals surface area contributed by atoms with Crippen LogP contribution in [0, 0.1) is 11.3 Å². The van der Waals surface area contributed by atoms with E-state index in [1.54, 1.807) is 42.5 Å². The van der Waals surface area contributed by atoms with Crippen molar-refractivity contribution in [1.29, 1.82) is 5.26 Å². The van der Waals surface area contributed by atoms with Crippen LogP contribution in [0.25, 0.3) is 11.3 Å². The molecule has 0 aliphatic heterocycles. The summed E-state index contributed by atoms with van der Waals surface area (Å²) in [6, 6.07) is 19.2. The van der Waals surface area contributed by atoms with E-state index in [-0.39, 0.29) is 17.9 Å². The van der Waals surface area contributed by atoms with E-state index in [2.05, 4.69) is 10.4 Å². The van der Waals surface area contributed by atoms with E-state index in [0.29, 0.717) is 34.9 Å². The standard InChI is InChI=1S/C21H17ClN4O2/c22-17-9-7-15(8-10-17)19-11-12-21(28)26(25-19)13-3-6-20(27)24-18-5-2-1-4-16(18)14-23/h1-2,4-5,7-12H,3,6,13H2,(H,24,27). The van der Waals surface area contributed by atoms with E-state index in [1.807, 2.05) is 18.2 Å². The van der Waals surface area contributed by atoms with Crippen molar-refractivity contribution < 1.29 is 4.79 Å². The highest BCUT2D eigenvalue weighted by Gasteiger charge is 2.08. The first-order chi connectivity index (χ1) is 13.6. The van der Waals surface area contributed by atoms with Crippen molar-refractivity contribution in [2.24, 2.45) is 0 Å². The van der Waals surface area contributed by atoms with Gasteiger partial charge in [0.25, 0.3) is 5.56 Å². The van der Waals surface area contributed by atoms with Gasteiger partial charge in [-0.15, -0.1) is 0 Å². The number of anilines is 1. The van der Waals surface area contributed by atoms with Gasteiger partial charge in [-0.2, -0.15) is 10.4 Å². The number of nitriles is 1. The molecule has 1 N–H and O–H groups in total. The third-order valence-electron chi connectivity index (χ3n) is 4.10. The lowest BCUT2D eigenvalue weighted by Gasteiger charge is -2.09. The first kappa shape index (κ1) is 19.3. The third kappa shape index (κ3) is 4.84. The lowest BCUT2D eigenvalue weighted by atomic mass is 10.1. The van der Waals surface area contributed by atoms with Gasteiger partial charge >= 0.3 is 0 Å². The smallest absolute Gasteiger partial charge is 0.266 e. The molecule has 28 heavy (non-hydrogen) atoms. The maximum Gasteiger partial charge on any atom is 0.266 e. The van der Waals surface area contributed by atoms with Gasteiger partial charge < -0.3 is 5.32 Å². The number of nitrogens with one attached hydrogen (secondary N) is 1. The van der Waals surface area contributed by atoms with Crippen LogP contribution < -0.4 is 10.9 Å². The van der Waals surface area contributed by atoms with Crippen LogP contribution in [0.15, 0.2) is 65.5 Å². The second-order valence-corrected chi connectivity index (χ2v) is 6.53. The molecule has 0 bridgehead atoms. The molecule has 0 atom stereocenters. The summed E-state index contributed by atoms with van der Waals surface area (Å²) in [4.78, 5) is 24.2. The fraction of sp³-hybridized carbons (Fsp3) is 0.143. The molecule has 2 aromatic carbocycles. The van der Waals surface area contributed by atoms with Gasteiger partial charge in [-0.1, -0.05) is 35.9 Å². The highest BCUT2D eigenvalue weighted by atomic mass is 35.5. The summed E-state index contributed by atoms with van der Waals surface area (Å²) in [7, 11) is 0. The van der Waals surface area contributed by atoms with Gasteiger partial charge in [-0.25, -0.2) is 4.68 Å². The number of amides is 1. The van der Waals surface area contributed by atoms with E-state index >= 15 is 0 Å². The van der Waals surface area contributed by atoms with E-state index in [1.165, 1.54) is 10.7 Å². The zero-order valence-electron chi connectivity index (χ0n) is 14.9. The third-order valence-corrected chi connectivity index (χ3v) is 4.35. The summed E-state index contributed by atoms with van der Waals surface area (Å²) in [5, 5.41) is 16.8. The van der Waals surface area contributed by atoms with Crippen LogP contribution in [0.3, 0.4) is 0 Å². The molecule has 0 radical (unpaired) electrons. The molecule has 0 saturated carbocycles. The van der Waals surface area contributed by atoms with E-state index < -0.39 is 0 Å². The average molecular weight is 393 g/mol. The molecule has 0 unspecified atom stereocenters. The van der Waals surface area contributed by atoms with Crippen LogP contribution in [-0.2, 0) is 11.3 Å². The first-order valence-electron chi connectivity index (χ1n) is 8.70. The van der Waals surface area contributed by atoms with Crippen molar-refractivity contribution in [1.82, 2.24) is 9.78 Å². The average Bonchev–Trinajstić information content (AvgIpc) is 2.70. The number of carbonyl (C=O) groups is 1. The topological polar surface area (TPSA) is 87.8 Å². The lowest BCUT2D eigenvalue weighted by molar-refractivity contribution is -0.116. The largest absolute Gasteiger partial charge is 0.325 e. The van der Waals surface area contributed by atoms with Gasteiger partial charge in [0.15, 0.2) is 0 Å². The molecule has 0 aliphatic carbocycles. The molecule has 3 aromatic rings. The van der Waals surface area contributed by atoms with E-state index in [9.17, 15) is 9.59 Å². The zero-order valence-corrected chi connectivity index (χ0v) is 15.7. The summed E-state index contributed by atoms with van der Waals surface area (Å²) < 4.78 is 1.35. The number of aromatic nitrogens is 2. The van der Waals surface area contributed by atoms with Crippen molar-refractivity contribution in [2.45, 2.75) is 19.4 Å². The predicted molar refractivity (Wildman–Crippen MR) is 108 cm³/mol. The van der Waals surface area contributed by atoms with Crippen molar-refractivity contribution in [3.8, 4) is 17.3 Å². The number of hydrogen-bond donors (Lipinski definition) is 1. The molecule has 7 heteroatoms. The van der Waals surface area contributed by atoms with Crippen molar-refractivity contribution in [3.63, 3.8) is 0 Å². The molecule has 0 aliphatic rings. The SMILES string of the molecule is N#Cc1ccccc1NC(=O)CCCn1nc(-c2ccc(Cl)cc2)ccc1=O. The predicted octanol–water partition coefficient (Wildman–Crippen LogP) is 3.85. The number of hydrogen-bond acceptors (Lipinski definition) is 4. The number of carbonyl (C=O) groups excluding carboxylic acids is 1. The Hall–Kier alpha value is -3.43. The van der Waals surface area contributed by atoms with E-state index in [0.717, 1.165) is 5.56 Å². The lowest BCUT2D eigenvalue weighted by Crippen LogP contribution is -2.23. The fourth-order valence-electron chi connectivity index (χ4n) is 2.68. The summed E-state index contributed by atoms with van der Waals surface area (Å²) in [5.41, 5.74) is 2.17. The van der Waals surface area contributed by atoms with Crippen LogP contribution in [0.1, 0.15) is 18.4 Å². The molecule has 1 amide bonds. The molecule has 1 aromatic heterocycles. The number of aryl methyl sites for hydroxylation is 1. The van der Waals surface area contributed by atoms with Crippen LogP contribution in [-0.4, -0.2) is 15.7 Å². The Morgan fingerprint density at radius 2 is 1.86 bits per heavy atom. The maximum atomic E-state index is 12.1. The number of halogens is 1. The molecule has 3 rings (SSSR count). The quantitative estimate of drug-likeness (QED) is 0.690. The van der Waals surface area contributed by atoms with Crippen molar-refractivity contribution in [2.75, 3.05) is 5.32 Å². The van der Waals surface area contributed by atoms with E-state index in [4.69, 9.17) is 16.9 Å². The maximum absolute atomic E-state index is 12.1. The Balaban J connectivity index is 1.62. The summed E-state index contributed by atoms with van der Waals surface area (Å²) in [6.07, 6.45) is 0.649. The van der Waals surface area contributed by atoms with Gasteiger partial charge in [0.2, 0.25) is 5.91 Å². The molecule has 0 fully saturated rings. The van der Waals surface area contributed by atoms with Gasteiger partial charge in [-0.05, 0) is 36.8 Å². The minimum Gasteiger partial charge on any atom is -0.325 e. The highest BCUT2D eigenvalue weighted by molar-refractivity contribution is 6.30. The first-order valence-corrected chi connectivity index (χ1v) is 9.08. The van der Waals surface area contributed by atoms with Crippen molar-refractivity contribution in [3.05, 3.63) is 81.6 Å². The Morgan fingerprint density at radius 1 is 1.11 bits per heavy atom. The normalized spacial score (nSPS) is 10.3. The van der Waals surface area contributed by atoms with Gasteiger partial charge in [0, 0.05) is 29.6 Å². The summed E-state index contributed by atoms with van der Waals surface area (Å²) in [6.45, 7) is 0.313. The molecule has 0 saturated heterocycles. The van der Waals surface area contributed by atoms with Crippen molar-refractivity contribution >= 4 is 23.2 Å². The van der Waals surface area contributed by atoms with Crippen LogP contribution in [0.4, 0.5) is 5.69 Å². The Morgan fingerprint density at radius 3 is 2.61 bits per heavy atom. The van der Waals surface area contributed by atoms with Crippen LogP contribution in [0.2, 0.25) is 5.02 Å². The fourth-order valence-corrected chi connectivity index (χ4v) is 2.80. The van der Waals surface area contributed by atoms with Gasteiger partial charge in [0.05, 0.1) is 16.9 Å². The monoisotopic (exact) mass is 392 g/mol. The van der Waals surface area contributed by atoms with Gasteiger partial charge in [0.1, 0.15) is 6.07 Å². The molecule has 6 nitrogen and oxygen atoms in total. The number of para-hydroxylation sites is 1. The molecule has 0 spiro atoms.